The van der Waals surface area contributed by atoms with Crippen LogP contribution in [-0.4, -0.2) is 50.8 Å². The molecule has 4 aromatic rings. The Morgan fingerprint density at radius 2 is 2.03 bits per heavy atom. The van der Waals surface area contributed by atoms with Gasteiger partial charge in [-0.05, 0) is 56.3 Å². The van der Waals surface area contributed by atoms with Crippen molar-refractivity contribution in [3.8, 4) is 17.3 Å². The molecule has 1 amide bonds. The van der Waals surface area contributed by atoms with Gasteiger partial charge in [0.15, 0.2) is 11.6 Å². The number of carbonyl (C=O) groups is 1. The van der Waals surface area contributed by atoms with Crippen LogP contribution in [0.15, 0.2) is 61.1 Å². The van der Waals surface area contributed by atoms with E-state index in [4.69, 9.17) is 9.72 Å². The summed E-state index contributed by atoms with van der Waals surface area (Å²) < 4.78 is 19.1. The van der Waals surface area contributed by atoms with Crippen molar-refractivity contribution in [1.29, 1.82) is 0 Å². The van der Waals surface area contributed by atoms with Gasteiger partial charge in [0.05, 0.1) is 11.6 Å². The van der Waals surface area contributed by atoms with E-state index in [0.717, 1.165) is 37.2 Å². The first-order valence-electron chi connectivity index (χ1n) is 12.1. The van der Waals surface area contributed by atoms with Gasteiger partial charge in [0.1, 0.15) is 30.2 Å². The molecule has 1 fully saturated rings. The smallest absolute Gasteiger partial charge is 0.251 e. The summed E-state index contributed by atoms with van der Waals surface area (Å²) >= 11 is 0. The van der Waals surface area contributed by atoms with E-state index in [-0.39, 0.29) is 24.4 Å². The number of hydrogen-bond acceptors (Lipinski definition) is 8. The molecule has 0 saturated carbocycles. The third-order valence-electron chi connectivity index (χ3n) is 6.78. The number of piperidine rings is 1. The molecule has 2 aliphatic rings. The van der Waals surface area contributed by atoms with Gasteiger partial charge in [-0.25, -0.2) is 19.3 Å². The number of benzene rings is 2. The average Bonchev–Trinajstić information content (AvgIpc) is 3.58. The number of ether oxygens (including phenoxy) is 1. The third kappa shape index (κ3) is 4.60. The van der Waals surface area contributed by atoms with Gasteiger partial charge in [0.25, 0.3) is 5.91 Å². The molecule has 0 aliphatic carbocycles. The molecule has 6 rings (SSSR count). The van der Waals surface area contributed by atoms with Gasteiger partial charge in [-0.1, -0.05) is 12.1 Å². The molecule has 4 N–H and O–H groups in total. The number of nitrogens with zero attached hydrogens (tertiary/aromatic N) is 4. The molecule has 188 valence electrons. The fourth-order valence-electron chi connectivity index (χ4n) is 4.85. The highest BCUT2D eigenvalue weighted by Crippen LogP contribution is 2.35. The topological polar surface area (TPSA) is 130 Å². The lowest BCUT2D eigenvalue weighted by atomic mass is 9.87. The molecule has 2 aromatic heterocycles. The first-order chi connectivity index (χ1) is 18.1. The van der Waals surface area contributed by atoms with Gasteiger partial charge in [-0.15, -0.1) is 0 Å². The molecule has 2 aromatic carbocycles. The summed E-state index contributed by atoms with van der Waals surface area (Å²) in [5.74, 6) is 1.07. The number of hydrogen-bond donors (Lipinski definition) is 4. The second-order valence-corrected chi connectivity index (χ2v) is 9.16. The van der Waals surface area contributed by atoms with Gasteiger partial charge in [0, 0.05) is 29.1 Å². The number of aromatic nitrogens is 5. The van der Waals surface area contributed by atoms with E-state index < -0.39 is 5.54 Å². The molecule has 1 atom stereocenters. The second kappa shape index (κ2) is 9.58. The highest BCUT2D eigenvalue weighted by atomic mass is 19.1. The fourth-order valence-corrected chi connectivity index (χ4v) is 4.85. The molecule has 2 aliphatic heterocycles. The molecule has 0 unspecified atom stereocenters. The van der Waals surface area contributed by atoms with Crippen LogP contribution >= 0.6 is 0 Å². The number of amides is 1. The van der Waals surface area contributed by atoms with Crippen LogP contribution in [0.25, 0.3) is 11.5 Å². The van der Waals surface area contributed by atoms with Gasteiger partial charge >= 0.3 is 0 Å². The number of carbonyl (C=O) groups excluding carboxylic acids is 1. The largest absolute Gasteiger partial charge is 0.491 e. The van der Waals surface area contributed by atoms with Crippen LogP contribution in [0.4, 0.5) is 10.1 Å². The SMILES string of the molecule is O=C(N[C@@H]1COc2cc(F)ccc21)c1cccc(NC2(c3nc(-c4ccncn4)n[nH]3)CCNCC2)c1. The zero-order chi connectivity index (χ0) is 25.2. The van der Waals surface area contributed by atoms with Gasteiger partial charge < -0.3 is 20.7 Å². The van der Waals surface area contributed by atoms with E-state index in [1.165, 1.54) is 18.5 Å². The zero-order valence-electron chi connectivity index (χ0n) is 19.9. The van der Waals surface area contributed by atoms with E-state index in [9.17, 15) is 9.18 Å². The summed E-state index contributed by atoms with van der Waals surface area (Å²) in [5.41, 5.74) is 2.20. The second-order valence-electron chi connectivity index (χ2n) is 9.16. The van der Waals surface area contributed by atoms with Crippen LogP contribution in [-0.2, 0) is 5.54 Å². The Labute approximate surface area is 212 Å². The quantitative estimate of drug-likeness (QED) is 0.318. The van der Waals surface area contributed by atoms with Crippen molar-refractivity contribution in [2.45, 2.75) is 24.4 Å². The van der Waals surface area contributed by atoms with E-state index >= 15 is 0 Å². The Morgan fingerprint density at radius 1 is 1.14 bits per heavy atom. The number of aromatic amines is 1. The van der Waals surface area contributed by atoms with Crippen molar-refractivity contribution in [3.63, 3.8) is 0 Å². The van der Waals surface area contributed by atoms with Crippen molar-refractivity contribution >= 4 is 11.6 Å². The maximum Gasteiger partial charge on any atom is 0.251 e. The molecule has 37 heavy (non-hydrogen) atoms. The molecule has 11 heteroatoms. The Morgan fingerprint density at radius 3 is 2.86 bits per heavy atom. The number of rotatable bonds is 6. The van der Waals surface area contributed by atoms with Crippen molar-refractivity contribution < 1.29 is 13.9 Å². The number of anilines is 1. The minimum absolute atomic E-state index is 0.237. The Kier molecular flexibility index (Phi) is 5.97. The van der Waals surface area contributed by atoms with E-state index in [0.29, 0.717) is 28.7 Å². The standard InChI is InChI=1S/C26H25FN8O2/c27-17-4-5-19-21(14-37-22(19)13-17)31-24(36)16-2-1-3-18(12-16)33-26(7-10-28-11-8-26)25-32-23(34-35-25)20-6-9-29-15-30-20/h1-6,9,12-13,15,21,28,33H,7-8,10-11,14H2,(H,31,36)(H,32,34,35)/t21-/m1/s1. The Hall–Kier alpha value is -4.38. The molecule has 4 heterocycles. The summed E-state index contributed by atoms with van der Waals surface area (Å²) in [6.45, 7) is 1.87. The number of nitrogens with one attached hydrogen (secondary N) is 4. The van der Waals surface area contributed by atoms with Crippen molar-refractivity contribution in [1.82, 2.24) is 35.8 Å². The summed E-state index contributed by atoms with van der Waals surface area (Å²) in [6, 6.07) is 13.1. The predicted molar refractivity (Wildman–Crippen MR) is 133 cm³/mol. The lowest BCUT2D eigenvalue weighted by Gasteiger charge is -2.37. The van der Waals surface area contributed by atoms with E-state index in [1.807, 2.05) is 18.2 Å². The summed E-state index contributed by atoms with van der Waals surface area (Å²) in [4.78, 5) is 26.1. The molecular formula is C26H25FN8O2. The molecule has 0 spiro atoms. The lowest BCUT2D eigenvalue weighted by molar-refractivity contribution is 0.0930. The minimum atomic E-state index is -0.499. The van der Waals surface area contributed by atoms with Crippen LogP contribution in [0.3, 0.4) is 0 Å². The van der Waals surface area contributed by atoms with Crippen molar-refractivity contribution in [3.05, 3.63) is 83.8 Å². The maximum absolute atomic E-state index is 13.5. The molecule has 0 radical (unpaired) electrons. The molecule has 1 saturated heterocycles. The molecule has 10 nitrogen and oxygen atoms in total. The third-order valence-corrected chi connectivity index (χ3v) is 6.78. The van der Waals surface area contributed by atoms with Crippen LogP contribution in [0.2, 0.25) is 0 Å². The van der Waals surface area contributed by atoms with Gasteiger partial charge in [0.2, 0.25) is 0 Å². The van der Waals surface area contributed by atoms with Crippen LogP contribution in [0, 0.1) is 5.82 Å². The number of fused-ring (bicyclic) bond motifs is 1. The fraction of sp³-hybridized carbons (Fsp3) is 0.269. The summed E-state index contributed by atoms with van der Waals surface area (Å²) in [7, 11) is 0. The average molecular weight is 501 g/mol. The van der Waals surface area contributed by atoms with Crippen LogP contribution < -0.4 is 20.7 Å². The first-order valence-corrected chi connectivity index (χ1v) is 12.1. The van der Waals surface area contributed by atoms with Gasteiger partial charge in [-0.2, -0.15) is 5.10 Å². The highest BCUT2D eigenvalue weighted by Gasteiger charge is 2.37. The predicted octanol–water partition coefficient (Wildman–Crippen LogP) is 2.96. The summed E-state index contributed by atoms with van der Waals surface area (Å²) in [6.07, 6.45) is 4.67. The van der Waals surface area contributed by atoms with Crippen LogP contribution in [0.1, 0.15) is 40.6 Å². The first kappa shape index (κ1) is 23.0. The lowest BCUT2D eigenvalue weighted by Crippen LogP contribution is -2.46. The normalized spacial score (nSPS) is 18.0. The van der Waals surface area contributed by atoms with Crippen molar-refractivity contribution in [2.24, 2.45) is 0 Å². The number of halogens is 1. The monoisotopic (exact) mass is 500 g/mol. The maximum atomic E-state index is 13.5. The summed E-state index contributed by atoms with van der Waals surface area (Å²) in [5, 5.41) is 17.5. The molecule has 0 bridgehead atoms. The highest BCUT2D eigenvalue weighted by molar-refractivity contribution is 5.95. The van der Waals surface area contributed by atoms with Crippen molar-refractivity contribution in [2.75, 3.05) is 25.0 Å². The Bertz CT molecular complexity index is 1420. The molecular weight excluding hydrogens is 475 g/mol. The van der Waals surface area contributed by atoms with Crippen LogP contribution in [0.5, 0.6) is 5.75 Å². The minimum Gasteiger partial charge on any atom is -0.491 e. The Balaban J connectivity index is 1.23. The zero-order valence-corrected chi connectivity index (χ0v) is 19.9. The van der Waals surface area contributed by atoms with E-state index in [2.05, 4.69) is 36.1 Å². The van der Waals surface area contributed by atoms with E-state index in [1.54, 1.807) is 24.4 Å². The number of H-pyrrole nitrogens is 1. The van der Waals surface area contributed by atoms with Gasteiger partial charge in [-0.3, -0.25) is 9.89 Å².